The molecule has 1 aromatic rings. The van der Waals surface area contributed by atoms with Crippen molar-refractivity contribution < 1.29 is 28.2 Å². The van der Waals surface area contributed by atoms with Gasteiger partial charge in [0.25, 0.3) is 0 Å². The lowest BCUT2D eigenvalue weighted by Crippen LogP contribution is -2.27. The van der Waals surface area contributed by atoms with Crippen LogP contribution >= 0.6 is 0 Å². The van der Waals surface area contributed by atoms with Crippen LogP contribution < -0.4 is 4.74 Å². The molecule has 0 amide bonds. The van der Waals surface area contributed by atoms with Crippen molar-refractivity contribution in [1.29, 1.82) is 0 Å². The second-order valence-electron chi connectivity index (χ2n) is 3.50. The molecule has 1 aliphatic heterocycles. The van der Waals surface area contributed by atoms with Gasteiger partial charge in [-0.2, -0.15) is 0 Å². The van der Waals surface area contributed by atoms with Gasteiger partial charge in [0, 0.05) is 0 Å². The number of ether oxygens (including phenoxy) is 3. The number of hydrogen-bond donors (Lipinski definition) is 0. The molecule has 17 heavy (non-hydrogen) atoms. The predicted octanol–water partition coefficient (Wildman–Crippen LogP) is 1.57. The second kappa shape index (κ2) is 4.40. The van der Waals surface area contributed by atoms with Crippen molar-refractivity contribution in [3.63, 3.8) is 0 Å². The number of aryl methyl sites for hydroxylation is 1. The van der Waals surface area contributed by atoms with Gasteiger partial charge in [0.15, 0.2) is 0 Å². The van der Waals surface area contributed by atoms with Crippen LogP contribution in [0.1, 0.15) is 5.56 Å². The lowest BCUT2D eigenvalue weighted by molar-refractivity contribution is -0.142. The largest absolute Gasteiger partial charge is 0.509 e. The van der Waals surface area contributed by atoms with Crippen LogP contribution in [0.3, 0.4) is 0 Å². The first-order chi connectivity index (χ1) is 8.06. The van der Waals surface area contributed by atoms with Crippen LogP contribution in [0.2, 0.25) is 0 Å². The normalized spacial score (nSPS) is 18.5. The Hall–Kier alpha value is -2.11. The highest BCUT2D eigenvalue weighted by molar-refractivity contribution is 5.81. The molecule has 0 N–H and O–H groups in total. The van der Waals surface area contributed by atoms with Gasteiger partial charge in [-0.05, 0) is 30.7 Å². The Morgan fingerprint density at radius 2 is 2.29 bits per heavy atom. The van der Waals surface area contributed by atoms with Crippen molar-refractivity contribution in [2.45, 2.75) is 13.0 Å². The number of esters is 1. The van der Waals surface area contributed by atoms with E-state index in [1.54, 1.807) is 6.92 Å². The van der Waals surface area contributed by atoms with Gasteiger partial charge in [0.2, 0.25) is 6.10 Å². The van der Waals surface area contributed by atoms with E-state index in [2.05, 4.69) is 9.47 Å². The van der Waals surface area contributed by atoms with Gasteiger partial charge in [-0.3, -0.25) is 0 Å². The lowest BCUT2D eigenvalue weighted by atomic mass is 10.2. The molecule has 1 aromatic carbocycles. The summed E-state index contributed by atoms with van der Waals surface area (Å²) < 4.78 is 26.9. The number of halogens is 1. The molecular formula is C11H9FO5. The van der Waals surface area contributed by atoms with E-state index < -0.39 is 18.2 Å². The molecular weight excluding hydrogens is 231 g/mol. The molecule has 5 nitrogen and oxygen atoms in total. The number of hydrogen-bond acceptors (Lipinski definition) is 5. The molecule has 0 aliphatic carbocycles. The number of cyclic esters (lactones) is 2. The number of carbonyl (C=O) groups is 2. The molecule has 1 fully saturated rings. The molecule has 1 saturated heterocycles. The minimum atomic E-state index is -1.06. The van der Waals surface area contributed by atoms with Gasteiger partial charge < -0.3 is 14.2 Å². The Morgan fingerprint density at radius 3 is 2.88 bits per heavy atom. The van der Waals surface area contributed by atoms with Crippen LogP contribution in [0.5, 0.6) is 5.75 Å². The molecule has 1 aliphatic rings. The fraction of sp³-hybridized carbons (Fsp3) is 0.273. The van der Waals surface area contributed by atoms with E-state index in [1.807, 2.05) is 0 Å². The third-order valence-electron chi connectivity index (χ3n) is 2.20. The van der Waals surface area contributed by atoms with Gasteiger partial charge in [-0.25, -0.2) is 14.0 Å². The first-order valence-corrected chi connectivity index (χ1v) is 4.87. The minimum Gasteiger partial charge on any atom is -0.430 e. The van der Waals surface area contributed by atoms with Crippen LogP contribution in [0.25, 0.3) is 0 Å². The van der Waals surface area contributed by atoms with Crippen molar-refractivity contribution in [1.82, 2.24) is 0 Å². The molecule has 1 atom stereocenters. The SMILES string of the molecule is Cc1cc(OC(=O)C2COC(=O)O2)ccc1F. The maximum absolute atomic E-state index is 13.0. The number of carbonyl (C=O) groups excluding carboxylic acids is 2. The molecule has 0 bridgehead atoms. The maximum Gasteiger partial charge on any atom is 0.509 e. The van der Waals surface area contributed by atoms with Crippen LogP contribution in [0.4, 0.5) is 9.18 Å². The van der Waals surface area contributed by atoms with Crippen LogP contribution in [0.15, 0.2) is 18.2 Å². The number of benzene rings is 1. The molecule has 0 saturated carbocycles. The first-order valence-electron chi connectivity index (χ1n) is 4.87. The van der Waals surface area contributed by atoms with Crippen LogP contribution in [-0.2, 0) is 14.3 Å². The van der Waals surface area contributed by atoms with Gasteiger partial charge in [-0.15, -0.1) is 0 Å². The van der Waals surface area contributed by atoms with Crippen LogP contribution in [0, 0.1) is 12.7 Å². The standard InChI is InChI=1S/C11H9FO5/c1-6-4-7(2-3-8(6)12)16-10(13)9-5-15-11(14)17-9/h2-4,9H,5H2,1H3. The highest BCUT2D eigenvalue weighted by Crippen LogP contribution is 2.17. The molecule has 6 heteroatoms. The van der Waals surface area contributed by atoms with Gasteiger partial charge in [0.05, 0.1) is 0 Å². The predicted molar refractivity (Wildman–Crippen MR) is 53.0 cm³/mol. The van der Waals surface area contributed by atoms with E-state index in [1.165, 1.54) is 18.2 Å². The molecule has 1 unspecified atom stereocenters. The van der Waals surface area contributed by atoms with Gasteiger partial charge in [0.1, 0.15) is 18.2 Å². The molecule has 90 valence electrons. The summed E-state index contributed by atoms with van der Waals surface area (Å²) in [5.41, 5.74) is 0.356. The van der Waals surface area contributed by atoms with Crippen molar-refractivity contribution in [2.75, 3.05) is 6.61 Å². The molecule has 0 spiro atoms. The van der Waals surface area contributed by atoms with E-state index in [-0.39, 0.29) is 18.2 Å². The highest BCUT2D eigenvalue weighted by atomic mass is 19.1. The summed E-state index contributed by atoms with van der Waals surface area (Å²) in [6.45, 7) is 1.38. The zero-order valence-corrected chi connectivity index (χ0v) is 8.94. The van der Waals surface area contributed by atoms with E-state index >= 15 is 0 Å². The maximum atomic E-state index is 13.0. The minimum absolute atomic E-state index is 0.169. The zero-order valence-electron chi connectivity index (χ0n) is 8.94. The van der Waals surface area contributed by atoms with E-state index in [9.17, 15) is 14.0 Å². The highest BCUT2D eigenvalue weighted by Gasteiger charge is 2.33. The third-order valence-corrected chi connectivity index (χ3v) is 2.20. The smallest absolute Gasteiger partial charge is 0.430 e. The lowest BCUT2D eigenvalue weighted by Gasteiger charge is -2.07. The average molecular weight is 240 g/mol. The Labute approximate surface area is 96.1 Å². The molecule has 1 heterocycles. The summed E-state index contributed by atoms with van der Waals surface area (Å²) in [7, 11) is 0. The average Bonchev–Trinajstić information content (AvgIpc) is 2.70. The summed E-state index contributed by atoms with van der Waals surface area (Å²) in [6.07, 6.45) is -1.96. The summed E-state index contributed by atoms with van der Waals surface area (Å²) >= 11 is 0. The summed E-state index contributed by atoms with van der Waals surface area (Å²) in [4.78, 5) is 22.1. The fourth-order valence-corrected chi connectivity index (χ4v) is 1.31. The van der Waals surface area contributed by atoms with Crippen molar-refractivity contribution >= 4 is 12.1 Å². The second-order valence-corrected chi connectivity index (χ2v) is 3.50. The quantitative estimate of drug-likeness (QED) is 0.580. The monoisotopic (exact) mass is 240 g/mol. The summed E-state index contributed by atoms with van der Waals surface area (Å²) in [5, 5.41) is 0. The fourth-order valence-electron chi connectivity index (χ4n) is 1.31. The van der Waals surface area contributed by atoms with Crippen LogP contribution in [-0.4, -0.2) is 24.8 Å². The number of rotatable bonds is 2. The zero-order chi connectivity index (χ0) is 12.4. The van der Waals surface area contributed by atoms with Crippen molar-refractivity contribution in [2.24, 2.45) is 0 Å². The molecule has 0 aromatic heterocycles. The summed E-state index contributed by atoms with van der Waals surface area (Å²) in [5.74, 6) is -0.945. The Balaban J connectivity index is 2.03. The first kappa shape index (κ1) is 11.4. The van der Waals surface area contributed by atoms with E-state index in [0.29, 0.717) is 5.56 Å². The molecule has 2 rings (SSSR count). The van der Waals surface area contributed by atoms with E-state index in [4.69, 9.17) is 4.74 Å². The van der Waals surface area contributed by atoms with Gasteiger partial charge in [-0.1, -0.05) is 0 Å². The van der Waals surface area contributed by atoms with Crippen molar-refractivity contribution in [3.8, 4) is 5.75 Å². The third kappa shape index (κ3) is 2.52. The molecule has 0 radical (unpaired) electrons. The van der Waals surface area contributed by atoms with E-state index in [0.717, 1.165) is 0 Å². The van der Waals surface area contributed by atoms with Gasteiger partial charge >= 0.3 is 12.1 Å². The van der Waals surface area contributed by atoms with Crippen molar-refractivity contribution in [3.05, 3.63) is 29.6 Å². The Morgan fingerprint density at radius 1 is 1.53 bits per heavy atom. The summed E-state index contributed by atoms with van der Waals surface area (Å²) in [6, 6.07) is 3.89. The Kier molecular flexibility index (Phi) is 2.95. The Bertz CT molecular complexity index is 471. The topological polar surface area (TPSA) is 61.8 Å².